The van der Waals surface area contributed by atoms with E-state index < -0.39 is 0 Å². The first kappa shape index (κ1) is 10.4. The summed E-state index contributed by atoms with van der Waals surface area (Å²) < 4.78 is 0. The molecule has 3 nitrogen and oxygen atoms in total. The molecular formula is C11H23N3. The van der Waals surface area contributed by atoms with Crippen LogP contribution in [0, 0.1) is 5.92 Å². The summed E-state index contributed by atoms with van der Waals surface area (Å²) in [6.45, 7) is 3.53. The summed E-state index contributed by atoms with van der Waals surface area (Å²) in [7, 11) is 4.33. The lowest BCUT2D eigenvalue weighted by Gasteiger charge is -2.42. The highest BCUT2D eigenvalue weighted by atomic mass is 15.2. The molecule has 1 aliphatic heterocycles. The second-order valence-corrected chi connectivity index (χ2v) is 4.83. The van der Waals surface area contributed by atoms with Crippen molar-refractivity contribution in [3.63, 3.8) is 0 Å². The Bertz CT molecular complexity index is 179. The minimum absolute atomic E-state index is 0.657. The highest BCUT2D eigenvalue weighted by Crippen LogP contribution is 2.31. The van der Waals surface area contributed by atoms with E-state index in [1.165, 1.54) is 32.4 Å². The normalized spacial score (nSPS) is 32.6. The van der Waals surface area contributed by atoms with Gasteiger partial charge in [0.1, 0.15) is 0 Å². The Hall–Kier alpha value is -0.120. The van der Waals surface area contributed by atoms with E-state index in [9.17, 15) is 0 Å². The smallest absolute Gasteiger partial charge is 0.0352 e. The van der Waals surface area contributed by atoms with Crippen molar-refractivity contribution >= 4 is 0 Å². The number of hydrogen-bond donors (Lipinski definition) is 2. The zero-order valence-electron chi connectivity index (χ0n) is 9.42. The fraction of sp³-hybridized carbons (Fsp3) is 1.00. The third kappa shape index (κ3) is 2.10. The maximum absolute atomic E-state index is 3.65. The second kappa shape index (κ2) is 4.60. The Morgan fingerprint density at radius 2 is 2.21 bits per heavy atom. The zero-order chi connectivity index (χ0) is 9.97. The van der Waals surface area contributed by atoms with Gasteiger partial charge in [0, 0.05) is 31.7 Å². The Balaban J connectivity index is 1.89. The molecule has 1 aliphatic carbocycles. The lowest BCUT2D eigenvalue weighted by molar-refractivity contribution is 0.143. The van der Waals surface area contributed by atoms with Gasteiger partial charge in [-0.15, -0.1) is 0 Å². The molecule has 0 aromatic heterocycles. The van der Waals surface area contributed by atoms with Gasteiger partial charge in [-0.1, -0.05) is 6.42 Å². The van der Waals surface area contributed by atoms with Gasteiger partial charge >= 0.3 is 0 Å². The first-order valence-corrected chi connectivity index (χ1v) is 5.90. The van der Waals surface area contributed by atoms with Crippen LogP contribution < -0.4 is 10.6 Å². The SMILES string of the molecule is CNC(C1CCC1)C1CN(C)CCN1. The molecule has 82 valence electrons. The average molecular weight is 197 g/mol. The Morgan fingerprint density at radius 1 is 1.43 bits per heavy atom. The molecular weight excluding hydrogens is 174 g/mol. The van der Waals surface area contributed by atoms with Gasteiger partial charge in [-0.2, -0.15) is 0 Å². The Labute approximate surface area is 87.2 Å². The molecule has 0 spiro atoms. The predicted octanol–water partition coefficient (Wildman–Crippen LogP) is 0.278. The zero-order valence-corrected chi connectivity index (χ0v) is 9.42. The predicted molar refractivity (Wildman–Crippen MR) is 59.5 cm³/mol. The number of nitrogens with one attached hydrogen (secondary N) is 2. The van der Waals surface area contributed by atoms with Crippen LogP contribution in [-0.2, 0) is 0 Å². The maximum atomic E-state index is 3.65. The minimum atomic E-state index is 0.657. The van der Waals surface area contributed by atoms with Gasteiger partial charge in [-0.3, -0.25) is 0 Å². The van der Waals surface area contributed by atoms with Gasteiger partial charge < -0.3 is 15.5 Å². The van der Waals surface area contributed by atoms with Crippen molar-refractivity contribution in [1.29, 1.82) is 0 Å². The molecule has 14 heavy (non-hydrogen) atoms. The summed E-state index contributed by atoms with van der Waals surface area (Å²) >= 11 is 0. The molecule has 0 bridgehead atoms. The summed E-state index contributed by atoms with van der Waals surface area (Å²) in [4.78, 5) is 2.43. The highest BCUT2D eigenvalue weighted by molar-refractivity contribution is 4.93. The van der Waals surface area contributed by atoms with Crippen LogP contribution in [0.15, 0.2) is 0 Å². The number of piperazine rings is 1. The van der Waals surface area contributed by atoms with Gasteiger partial charge in [0.15, 0.2) is 0 Å². The molecule has 2 unspecified atom stereocenters. The van der Waals surface area contributed by atoms with Gasteiger partial charge in [0.25, 0.3) is 0 Å². The largest absolute Gasteiger partial charge is 0.315 e. The lowest BCUT2D eigenvalue weighted by Crippen LogP contribution is -2.60. The third-order valence-corrected chi connectivity index (χ3v) is 3.83. The summed E-state index contributed by atoms with van der Waals surface area (Å²) in [5.74, 6) is 0.920. The minimum Gasteiger partial charge on any atom is -0.315 e. The van der Waals surface area contributed by atoms with Crippen molar-refractivity contribution in [2.75, 3.05) is 33.7 Å². The third-order valence-electron chi connectivity index (χ3n) is 3.83. The first-order chi connectivity index (χ1) is 6.81. The van der Waals surface area contributed by atoms with Crippen molar-refractivity contribution in [3.05, 3.63) is 0 Å². The molecule has 2 fully saturated rings. The average Bonchev–Trinajstić information content (AvgIpc) is 2.10. The lowest BCUT2D eigenvalue weighted by atomic mass is 9.76. The van der Waals surface area contributed by atoms with Crippen molar-refractivity contribution in [2.45, 2.75) is 31.3 Å². The molecule has 3 heteroatoms. The number of hydrogen-bond acceptors (Lipinski definition) is 3. The van der Waals surface area contributed by atoms with Gasteiger partial charge in [0.05, 0.1) is 0 Å². The molecule has 2 rings (SSSR count). The monoisotopic (exact) mass is 197 g/mol. The van der Waals surface area contributed by atoms with Crippen LogP contribution >= 0.6 is 0 Å². The van der Waals surface area contributed by atoms with E-state index in [0.29, 0.717) is 12.1 Å². The van der Waals surface area contributed by atoms with E-state index in [0.717, 1.165) is 12.5 Å². The van der Waals surface area contributed by atoms with E-state index in [1.54, 1.807) is 0 Å². The standard InChI is InChI=1S/C11H23N3/c1-12-11(9-4-3-5-9)10-8-14(2)7-6-13-10/h9-13H,3-8H2,1-2H3. The summed E-state index contributed by atoms with van der Waals surface area (Å²) in [6, 6.07) is 1.34. The van der Waals surface area contributed by atoms with Crippen LogP contribution in [0.25, 0.3) is 0 Å². The van der Waals surface area contributed by atoms with E-state index in [2.05, 4.69) is 29.6 Å². The maximum Gasteiger partial charge on any atom is 0.0352 e. The van der Waals surface area contributed by atoms with Crippen LogP contribution in [0.5, 0.6) is 0 Å². The second-order valence-electron chi connectivity index (χ2n) is 4.83. The Kier molecular flexibility index (Phi) is 3.42. The van der Waals surface area contributed by atoms with Gasteiger partial charge in [-0.25, -0.2) is 0 Å². The van der Waals surface area contributed by atoms with E-state index in [4.69, 9.17) is 0 Å². The molecule has 0 amide bonds. The van der Waals surface area contributed by atoms with Crippen molar-refractivity contribution in [2.24, 2.45) is 5.92 Å². The summed E-state index contributed by atoms with van der Waals surface area (Å²) in [5, 5.41) is 7.15. The van der Waals surface area contributed by atoms with Crippen LogP contribution in [0.3, 0.4) is 0 Å². The molecule has 1 saturated heterocycles. The topological polar surface area (TPSA) is 27.3 Å². The Morgan fingerprint density at radius 3 is 2.71 bits per heavy atom. The summed E-state index contributed by atoms with van der Waals surface area (Å²) in [5.41, 5.74) is 0. The molecule has 2 atom stereocenters. The van der Waals surface area contributed by atoms with Crippen LogP contribution in [0.1, 0.15) is 19.3 Å². The highest BCUT2D eigenvalue weighted by Gasteiger charge is 2.33. The van der Waals surface area contributed by atoms with Crippen LogP contribution in [-0.4, -0.2) is 50.7 Å². The number of likely N-dealkylation sites (N-methyl/N-ethyl adjacent to an activating group) is 2. The van der Waals surface area contributed by atoms with Crippen molar-refractivity contribution < 1.29 is 0 Å². The molecule has 2 aliphatic rings. The molecule has 1 saturated carbocycles. The molecule has 0 radical (unpaired) electrons. The van der Waals surface area contributed by atoms with Crippen LogP contribution in [0.2, 0.25) is 0 Å². The van der Waals surface area contributed by atoms with Crippen molar-refractivity contribution in [3.8, 4) is 0 Å². The summed E-state index contributed by atoms with van der Waals surface area (Å²) in [6.07, 6.45) is 4.28. The first-order valence-electron chi connectivity index (χ1n) is 5.90. The molecule has 2 N–H and O–H groups in total. The molecule has 0 aromatic carbocycles. The van der Waals surface area contributed by atoms with Crippen molar-refractivity contribution in [1.82, 2.24) is 15.5 Å². The number of nitrogens with zero attached hydrogens (tertiary/aromatic N) is 1. The van der Waals surface area contributed by atoms with Gasteiger partial charge in [-0.05, 0) is 32.9 Å². The van der Waals surface area contributed by atoms with E-state index >= 15 is 0 Å². The molecule has 0 aromatic rings. The van der Waals surface area contributed by atoms with Gasteiger partial charge in [0.2, 0.25) is 0 Å². The quantitative estimate of drug-likeness (QED) is 0.680. The number of rotatable bonds is 3. The van der Waals surface area contributed by atoms with E-state index in [-0.39, 0.29) is 0 Å². The molecule has 1 heterocycles. The fourth-order valence-electron chi connectivity index (χ4n) is 2.74. The van der Waals surface area contributed by atoms with E-state index in [1.807, 2.05) is 0 Å². The fourth-order valence-corrected chi connectivity index (χ4v) is 2.74. The van der Waals surface area contributed by atoms with Crippen LogP contribution in [0.4, 0.5) is 0 Å².